The van der Waals surface area contributed by atoms with Crippen LogP contribution in [0.15, 0.2) is 47.4 Å². The average Bonchev–Trinajstić information content (AvgIpc) is 2.74. The summed E-state index contributed by atoms with van der Waals surface area (Å²) in [6.45, 7) is 4.69. The Morgan fingerprint density at radius 2 is 1.87 bits per heavy atom. The fourth-order valence-corrected chi connectivity index (χ4v) is 6.31. The van der Waals surface area contributed by atoms with E-state index in [1.165, 1.54) is 0 Å². The summed E-state index contributed by atoms with van der Waals surface area (Å²) in [4.78, 5) is 12.8. The van der Waals surface area contributed by atoms with Crippen molar-refractivity contribution in [2.45, 2.75) is 44.0 Å². The van der Waals surface area contributed by atoms with Crippen molar-refractivity contribution < 1.29 is 17.9 Å². The molecule has 1 aliphatic heterocycles. The Labute approximate surface area is 192 Å². The van der Waals surface area contributed by atoms with Gasteiger partial charge in [-0.25, -0.2) is 8.42 Å². The van der Waals surface area contributed by atoms with Crippen molar-refractivity contribution in [3.05, 3.63) is 51.6 Å². The number of anilines is 1. The first-order valence-electron chi connectivity index (χ1n) is 10.0. The second-order valence-electron chi connectivity index (χ2n) is 7.75. The highest BCUT2D eigenvalue weighted by molar-refractivity contribution is 14.1. The molecule has 3 rings (SSSR count). The zero-order chi connectivity index (χ0) is 21.9. The summed E-state index contributed by atoms with van der Waals surface area (Å²) < 4.78 is 34.1. The minimum absolute atomic E-state index is 0.0284. The zero-order valence-electron chi connectivity index (χ0n) is 17.4. The molecule has 30 heavy (non-hydrogen) atoms. The summed E-state index contributed by atoms with van der Waals surface area (Å²) in [5, 5.41) is 2.82. The number of carbonyl (C=O) groups excluding carboxylic acids is 1. The average molecular weight is 542 g/mol. The van der Waals surface area contributed by atoms with E-state index in [9.17, 15) is 13.2 Å². The number of nitrogens with one attached hydrogen (secondary N) is 1. The Hall–Kier alpha value is -1.65. The lowest BCUT2D eigenvalue weighted by Crippen LogP contribution is -2.46. The monoisotopic (exact) mass is 542 g/mol. The molecule has 8 heteroatoms. The summed E-state index contributed by atoms with van der Waals surface area (Å²) >= 11 is 2.11. The Bertz CT molecular complexity index is 1010. The highest BCUT2D eigenvalue weighted by Gasteiger charge is 2.34. The number of ether oxygens (including phenoxy) is 1. The number of rotatable bonds is 6. The molecule has 1 N–H and O–H groups in total. The van der Waals surface area contributed by atoms with Gasteiger partial charge in [0.2, 0.25) is 10.0 Å². The van der Waals surface area contributed by atoms with Crippen molar-refractivity contribution in [1.29, 1.82) is 0 Å². The number of hydrogen-bond acceptors (Lipinski definition) is 4. The van der Waals surface area contributed by atoms with E-state index < -0.39 is 10.0 Å². The number of sulfonamides is 1. The van der Waals surface area contributed by atoms with Crippen LogP contribution in [0.1, 0.15) is 43.5 Å². The third-order valence-corrected chi connectivity index (χ3v) is 8.18. The van der Waals surface area contributed by atoms with Gasteiger partial charge in [0, 0.05) is 23.8 Å². The van der Waals surface area contributed by atoms with Crippen molar-refractivity contribution in [2.24, 2.45) is 5.92 Å². The molecule has 0 spiro atoms. The predicted molar refractivity (Wildman–Crippen MR) is 126 cm³/mol. The largest absolute Gasteiger partial charge is 0.496 e. The topological polar surface area (TPSA) is 75.7 Å². The van der Waals surface area contributed by atoms with E-state index in [4.69, 9.17) is 4.74 Å². The Kier molecular flexibility index (Phi) is 7.41. The smallest absolute Gasteiger partial charge is 0.255 e. The highest BCUT2D eigenvalue weighted by Crippen LogP contribution is 2.30. The van der Waals surface area contributed by atoms with Crippen LogP contribution in [0.3, 0.4) is 0 Å². The number of hydrogen-bond donors (Lipinski definition) is 1. The molecule has 0 radical (unpaired) electrons. The van der Waals surface area contributed by atoms with Gasteiger partial charge in [-0.2, -0.15) is 4.31 Å². The molecule has 1 unspecified atom stereocenters. The molecular formula is C22H27IN2O4S. The lowest BCUT2D eigenvalue weighted by molar-refractivity contribution is 0.102. The van der Waals surface area contributed by atoms with Crippen LogP contribution < -0.4 is 10.1 Å². The second-order valence-corrected chi connectivity index (χ2v) is 10.8. The molecule has 2 aromatic carbocycles. The molecule has 1 heterocycles. The van der Waals surface area contributed by atoms with Crippen LogP contribution in [-0.2, 0) is 10.0 Å². The molecule has 162 valence electrons. The van der Waals surface area contributed by atoms with Crippen LogP contribution >= 0.6 is 22.6 Å². The van der Waals surface area contributed by atoms with Gasteiger partial charge >= 0.3 is 0 Å². The summed E-state index contributed by atoms with van der Waals surface area (Å²) in [6.07, 6.45) is 2.84. The molecule has 0 saturated carbocycles. The van der Waals surface area contributed by atoms with Gasteiger partial charge in [-0.15, -0.1) is 0 Å². The molecular weight excluding hydrogens is 515 g/mol. The third-order valence-electron chi connectivity index (χ3n) is 5.40. The fourth-order valence-electron chi connectivity index (χ4n) is 3.75. The van der Waals surface area contributed by atoms with Crippen LogP contribution in [0.25, 0.3) is 0 Å². The van der Waals surface area contributed by atoms with E-state index in [1.807, 2.05) is 0 Å². The van der Waals surface area contributed by atoms with Gasteiger partial charge in [0.25, 0.3) is 5.91 Å². The summed E-state index contributed by atoms with van der Waals surface area (Å²) in [7, 11) is -1.98. The van der Waals surface area contributed by atoms with E-state index >= 15 is 0 Å². The predicted octanol–water partition coefficient (Wildman–Crippen LogP) is 4.75. The van der Waals surface area contributed by atoms with Crippen molar-refractivity contribution >= 4 is 44.2 Å². The molecule has 0 aliphatic carbocycles. The Morgan fingerprint density at radius 3 is 2.47 bits per heavy atom. The number of methoxy groups -OCH3 is 1. The third kappa shape index (κ3) is 4.97. The van der Waals surface area contributed by atoms with Gasteiger partial charge in [-0.1, -0.05) is 20.3 Å². The van der Waals surface area contributed by atoms with Crippen molar-refractivity contribution in [1.82, 2.24) is 4.31 Å². The van der Waals surface area contributed by atoms with E-state index in [2.05, 4.69) is 41.8 Å². The maximum atomic E-state index is 13.2. The van der Waals surface area contributed by atoms with Gasteiger partial charge in [0.15, 0.2) is 0 Å². The lowest BCUT2D eigenvalue weighted by atomic mass is 9.95. The molecule has 6 nitrogen and oxygen atoms in total. The van der Waals surface area contributed by atoms with Gasteiger partial charge in [-0.3, -0.25) is 4.79 Å². The summed E-state index contributed by atoms with van der Waals surface area (Å²) in [5.41, 5.74) is 1.05. The number of piperidine rings is 1. The fraction of sp³-hybridized carbons (Fsp3) is 0.409. The van der Waals surface area contributed by atoms with Gasteiger partial charge < -0.3 is 10.1 Å². The maximum absolute atomic E-state index is 13.2. The molecule has 0 aromatic heterocycles. The van der Waals surface area contributed by atoms with E-state index in [0.717, 1.165) is 22.8 Å². The first-order valence-corrected chi connectivity index (χ1v) is 12.5. The minimum atomic E-state index is -3.56. The van der Waals surface area contributed by atoms with Crippen LogP contribution in [0, 0.1) is 9.49 Å². The first-order chi connectivity index (χ1) is 14.2. The molecule has 1 aliphatic rings. The molecule has 2 aromatic rings. The van der Waals surface area contributed by atoms with Crippen molar-refractivity contribution in [3.63, 3.8) is 0 Å². The van der Waals surface area contributed by atoms with Crippen LogP contribution in [-0.4, -0.2) is 38.3 Å². The van der Waals surface area contributed by atoms with Crippen molar-refractivity contribution in [2.75, 3.05) is 19.0 Å². The van der Waals surface area contributed by atoms with Crippen LogP contribution in [0.4, 0.5) is 5.69 Å². The van der Waals surface area contributed by atoms with Gasteiger partial charge in [0.05, 0.1) is 15.6 Å². The van der Waals surface area contributed by atoms with Gasteiger partial charge in [-0.05, 0) is 83.8 Å². The highest BCUT2D eigenvalue weighted by atomic mass is 127. The second kappa shape index (κ2) is 9.65. The number of halogens is 1. The normalized spacial score (nSPS) is 17.7. The summed E-state index contributed by atoms with van der Waals surface area (Å²) in [5.74, 6) is 0.715. The number of carbonyl (C=O) groups is 1. The van der Waals surface area contributed by atoms with Crippen LogP contribution in [0.5, 0.6) is 5.75 Å². The molecule has 1 amide bonds. The van der Waals surface area contributed by atoms with Crippen LogP contribution in [0.2, 0.25) is 0 Å². The standard InChI is InChI=1S/C22H27IN2O4S/c1-15(2)20-6-4-5-13-25(20)30(27,28)18-10-8-17(9-11-18)24-22(26)16-7-12-21(29-3)19(23)14-16/h7-12,14-15,20H,4-6,13H2,1-3H3,(H,24,26). The Morgan fingerprint density at radius 1 is 1.17 bits per heavy atom. The summed E-state index contributed by atoms with van der Waals surface area (Å²) in [6, 6.07) is 11.6. The maximum Gasteiger partial charge on any atom is 0.255 e. The lowest BCUT2D eigenvalue weighted by Gasteiger charge is -2.37. The zero-order valence-corrected chi connectivity index (χ0v) is 20.4. The van der Waals surface area contributed by atoms with Gasteiger partial charge in [0.1, 0.15) is 5.75 Å². The Balaban J connectivity index is 1.75. The first kappa shape index (κ1) is 23.0. The van der Waals surface area contributed by atoms with Crippen molar-refractivity contribution in [3.8, 4) is 5.75 Å². The van der Waals surface area contributed by atoms with E-state index in [1.54, 1.807) is 53.9 Å². The molecule has 1 atom stereocenters. The number of amides is 1. The minimum Gasteiger partial charge on any atom is -0.496 e. The molecule has 1 fully saturated rings. The number of benzene rings is 2. The van der Waals surface area contributed by atoms with E-state index in [0.29, 0.717) is 23.5 Å². The van der Waals surface area contributed by atoms with E-state index in [-0.39, 0.29) is 22.8 Å². The number of nitrogens with zero attached hydrogens (tertiary/aromatic N) is 1. The quantitative estimate of drug-likeness (QED) is 0.535. The molecule has 0 bridgehead atoms. The SMILES string of the molecule is COc1ccc(C(=O)Nc2ccc(S(=O)(=O)N3CCCCC3C(C)C)cc2)cc1I. The molecule has 1 saturated heterocycles.